The Balaban J connectivity index is 1.66. The predicted molar refractivity (Wildman–Crippen MR) is 96.7 cm³/mol. The molecule has 0 bridgehead atoms. The molecule has 1 N–H and O–H groups in total. The fourth-order valence-corrected chi connectivity index (χ4v) is 5.34. The molecule has 0 aromatic carbocycles. The van der Waals surface area contributed by atoms with Crippen LogP contribution in [0.1, 0.15) is 35.4 Å². The summed E-state index contributed by atoms with van der Waals surface area (Å²) in [4.78, 5) is 22.4. The molecule has 8 heteroatoms. The van der Waals surface area contributed by atoms with E-state index in [0.717, 1.165) is 40.5 Å². The zero-order valence-corrected chi connectivity index (χ0v) is 15.6. The number of thiophene rings is 1. The van der Waals surface area contributed by atoms with Crippen molar-refractivity contribution in [3.63, 3.8) is 0 Å². The minimum Gasteiger partial charge on any atom is -0.309 e. The van der Waals surface area contributed by atoms with Crippen molar-refractivity contribution in [2.45, 2.75) is 44.0 Å². The summed E-state index contributed by atoms with van der Waals surface area (Å²) in [6.07, 6.45) is 3.22. The highest BCUT2D eigenvalue weighted by atomic mass is 32.2. The highest BCUT2D eigenvalue weighted by molar-refractivity contribution is 7.98. The second kappa shape index (κ2) is 6.00. The van der Waals surface area contributed by atoms with Gasteiger partial charge in [-0.2, -0.15) is 0 Å². The van der Waals surface area contributed by atoms with Crippen LogP contribution in [0.5, 0.6) is 0 Å². The molecule has 0 saturated carbocycles. The van der Waals surface area contributed by atoms with Gasteiger partial charge in [0, 0.05) is 11.9 Å². The van der Waals surface area contributed by atoms with Crippen LogP contribution < -0.4 is 5.56 Å². The van der Waals surface area contributed by atoms with Crippen molar-refractivity contribution in [1.82, 2.24) is 24.7 Å². The molecule has 0 saturated heterocycles. The summed E-state index contributed by atoms with van der Waals surface area (Å²) >= 11 is 3.22. The highest BCUT2D eigenvalue weighted by Crippen LogP contribution is 2.35. The minimum absolute atomic E-state index is 0.00296. The number of aromatic amines is 1. The van der Waals surface area contributed by atoms with Crippen LogP contribution in [0.25, 0.3) is 10.2 Å². The molecule has 0 fully saturated rings. The molecule has 0 amide bonds. The van der Waals surface area contributed by atoms with Crippen LogP contribution in [0.15, 0.2) is 9.95 Å². The van der Waals surface area contributed by atoms with E-state index in [0.29, 0.717) is 17.5 Å². The van der Waals surface area contributed by atoms with E-state index in [-0.39, 0.29) is 5.56 Å². The fraction of sp³-hybridized carbons (Fsp3) is 0.500. The van der Waals surface area contributed by atoms with Gasteiger partial charge in [-0.25, -0.2) is 4.98 Å². The highest BCUT2D eigenvalue weighted by Gasteiger charge is 2.23. The van der Waals surface area contributed by atoms with E-state index in [1.807, 2.05) is 18.5 Å². The van der Waals surface area contributed by atoms with E-state index in [1.165, 1.54) is 22.2 Å². The number of thioether (sulfide) groups is 1. The number of nitrogens with one attached hydrogen (secondary N) is 1. The Labute approximate surface area is 147 Å². The van der Waals surface area contributed by atoms with E-state index in [1.54, 1.807) is 11.3 Å². The maximum absolute atomic E-state index is 12.6. The Morgan fingerprint density at radius 2 is 2.25 bits per heavy atom. The molecule has 1 atom stereocenters. The third-order valence-electron chi connectivity index (χ3n) is 4.61. The number of hydrogen-bond acceptors (Lipinski definition) is 6. The Morgan fingerprint density at radius 1 is 1.42 bits per heavy atom. The molecule has 126 valence electrons. The summed E-state index contributed by atoms with van der Waals surface area (Å²) in [5.74, 6) is 2.84. The van der Waals surface area contributed by atoms with Crippen molar-refractivity contribution >= 4 is 33.3 Å². The average molecular weight is 361 g/mol. The third kappa shape index (κ3) is 2.67. The summed E-state index contributed by atoms with van der Waals surface area (Å²) in [6, 6.07) is 0. The van der Waals surface area contributed by atoms with E-state index in [4.69, 9.17) is 4.98 Å². The van der Waals surface area contributed by atoms with Crippen molar-refractivity contribution in [2.24, 2.45) is 13.0 Å². The van der Waals surface area contributed by atoms with Gasteiger partial charge in [-0.3, -0.25) is 4.79 Å². The lowest BCUT2D eigenvalue weighted by atomic mass is 9.89. The molecule has 1 aliphatic carbocycles. The first-order valence-electron chi connectivity index (χ1n) is 8.05. The third-order valence-corrected chi connectivity index (χ3v) is 6.78. The zero-order valence-electron chi connectivity index (χ0n) is 13.9. The molecule has 3 aromatic rings. The van der Waals surface area contributed by atoms with E-state index >= 15 is 0 Å². The second-order valence-corrected chi connectivity index (χ2v) is 8.45. The largest absolute Gasteiger partial charge is 0.309 e. The first-order chi connectivity index (χ1) is 11.5. The van der Waals surface area contributed by atoms with Crippen LogP contribution in [0.3, 0.4) is 0 Å². The van der Waals surface area contributed by atoms with Gasteiger partial charge in [0.15, 0.2) is 5.16 Å². The van der Waals surface area contributed by atoms with Gasteiger partial charge < -0.3 is 9.55 Å². The van der Waals surface area contributed by atoms with E-state index < -0.39 is 0 Å². The van der Waals surface area contributed by atoms with Crippen LogP contribution >= 0.6 is 23.1 Å². The normalized spacial score (nSPS) is 17.4. The molecule has 0 aliphatic heterocycles. The molecule has 0 spiro atoms. The van der Waals surface area contributed by atoms with Gasteiger partial charge in [0.1, 0.15) is 16.5 Å². The molecule has 0 radical (unpaired) electrons. The molecule has 3 heterocycles. The number of hydrogen-bond donors (Lipinski definition) is 1. The van der Waals surface area contributed by atoms with Gasteiger partial charge >= 0.3 is 0 Å². The Hall–Kier alpha value is -1.67. The van der Waals surface area contributed by atoms with Crippen molar-refractivity contribution < 1.29 is 0 Å². The van der Waals surface area contributed by atoms with Crippen LogP contribution in [-0.4, -0.2) is 24.7 Å². The number of aromatic nitrogens is 5. The summed E-state index contributed by atoms with van der Waals surface area (Å²) in [7, 11) is 1.94. The molecule has 24 heavy (non-hydrogen) atoms. The lowest BCUT2D eigenvalue weighted by Crippen LogP contribution is -2.14. The maximum atomic E-state index is 12.6. The number of nitrogens with zero attached hydrogens (tertiary/aromatic N) is 4. The molecule has 1 aliphatic rings. The van der Waals surface area contributed by atoms with Gasteiger partial charge in [-0.15, -0.1) is 21.5 Å². The van der Waals surface area contributed by atoms with Gasteiger partial charge in [0.25, 0.3) is 5.56 Å². The second-order valence-electron chi connectivity index (χ2n) is 6.42. The minimum atomic E-state index is -0.00296. The van der Waals surface area contributed by atoms with Crippen LogP contribution in [-0.2, 0) is 25.6 Å². The molecular weight excluding hydrogens is 342 g/mol. The maximum Gasteiger partial charge on any atom is 0.259 e. The summed E-state index contributed by atoms with van der Waals surface area (Å²) < 4.78 is 1.94. The van der Waals surface area contributed by atoms with Gasteiger partial charge in [-0.1, -0.05) is 18.7 Å². The summed E-state index contributed by atoms with van der Waals surface area (Å²) in [5.41, 5.74) is 1.22. The van der Waals surface area contributed by atoms with Gasteiger partial charge in [-0.05, 0) is 37.7 Å². The van der Waals surface area contributed by atoms with Gasteiger partial charge in [0.05, 0.1) is 11.1 Å². The number of fused-ring (bicyclic) bond motifs is 3. The summed E-state index contributed by atoms with van der Waals surface area (Å²) in [6.45, 7) is 4.19. The Morgan fingerprint density at radius 3 is 3.00 bits per heavy atom. The van der Waals surface area contributed by atoms with Crippen molar-refractivity contribution in [3.05, 3.63) is 32.4 Å². The number of rotatable bonds is 3. The fourth-order valence-electron chi connectivity index (χ4n) is 3.11. The summed E-state index contributed by atoms with van der Waals surface area (Å²) in [5, 5.41) is 9.82. The smallest absolute Gasteiger partial charge is 0.259 e. The Bertz CT molecular complexity index is 971. The molecule has 4 rings (SSSR count). The molecular formula is C16H19N5OS2. The quantitative estimate of drug-likeness (QED) is 0.726. The number of H-pyrrole nitrogens is 1. The lowest BCUT2D eigenvalue weighted by molar-refractivity contribution is 0.509. The van der Waals surface area contributed by atoms with E-state index in [2.05, 4.69) is 22.1 Å². The van der Waals surface area contributed by atoms with Crippen LogP contribution in [0.4, 0.5) is 0 Å². The van der Waals surface area contributed by atoms with Gasteiger partial charge in [0.2, 0.25) is 0 Å². The Kier molecular flexibility index (Phi) is 3.96. The monoisotopic (exact) mass is 361 g/mol. The first-order valence-corrected chi connectivity index (χ1v) is 9.85. The van der Waals surface area contributed by atoms with Crippen molar-refractivity contribution in [2.75, 3.05) is 0 Å². The molecule has 6 nitrogen and oxygen atoms in total. The van der Waals surface area contributed by atoms with Crippen LogP contribution in [0.2, 0.25) is 0 Å². The zero-order chi connectivity index (χ0) is 16.8. The first kappa shape index (κ1) is 15.8. The topological polar surface area (TPSA) is 76.5 Å². The van der Waals surface area contributed by atoms with Crippen molar-refractivity contribution in [1.29, 1.82) is 0 Å². The van der Waals surface area contributed by atoms with Crippen LogP contribution in [0, 0.1) is 12.8 Å². The van der Waals surface area contributed by atoms with E-state index in [9.17, 15) is 4.79 Å². The predicted octanol–water partition coefficient (Wildman–Crippen LogP) is 2.84. The van der Waals surface area contributed by atoms with Crippen molar-refractivity contribution in [3.8, 4) is 0 Å². The molecule has 3 aromatic heterocycles. The molecule has 0 unspecified atom stereocenters. The lowest BCUT2D eigenvalue weighted by Gasteiger charge is -2.17. The average Bonchev–Trinajstić information content (AvgIpc) is 3.06. The number of aryl methyl sites for hydroxylation is 2. The standard InChI is InChI=1S/C16H19N5OS2/c1-8-4-5-10-11(6-8)24-15-13(10)14(22)17-12(18-15)7-23-16-20-19-9(2)21(16)3/h8H,4-7H2,1-3H3,(H,17,18,22)/t8-/m1/s1. The SMILES string of the molecule is Cc1nnc(SCc2nc3sc4c(c3c(=O)[nH]2)CC[C@@H](C)C4)n1C.